The number of nitrogens with zero attached hydrogens (tertiary/aromatic N) is 3. The summed E-state index contributed by atoms with van der Waals surface area (Å²) in [6.07, 6.45) is 6.53. The Labute approximate surface area is 174 Å². The summed E-state index contributed by atoms with van der Waals surface area (Å²) in [4.78, 5) is 11.5. The van der Waals surface area contributed by atoms with Gasteiger partial charge in [0, 0.05) is 25.3 Å². The van der Waals surface area contributed by atoms with E-state index in [9.17, 15) is 0 Å². The Morgan fingerprint density at radius 2 is 2.04 bits per heavy atom. The lowest BCUT2D eigenvalue weighted by molar-refractivity contribution is 0.242. The third-order valence-corrected chi connectivity index (χ3v) is 4.65. The molecule has 25 heavy (non-hydrogen) atoms. The lowest BCUT2D eigenvalue weighted by Gasteiger charge is -2.25. The number of halogens is 2. The van der Waals surface area contributed by atoms with Gasteiger partial charge in [0.25, 0.3) is 0 Å². The molecule has 0 amide bonds. The van der Waals surface area contributed by atoms with E-state index >= 15 is 0 Å². The Morgan fingerprint density at radius 1 is 1.28 bits per heavy atom. The van der Waals surface area contributed by atoms with Crippen molar-refractivity contribution in [2.75, 3.05) is 32.7 Å². The van der Waals surface area contributed by atoms with Crippen LogP contribution in [0, 0.1) is 0 Å². The van der Waals surface area contributed by atoms with E-state index in [4.69, 9.17) is 16.6 Å². The SMILES string of the molecule is CCNC(=NCC(CC)N1CCCC1)NCCc1ccc(Cl)nc1.I. The highest BCUT2D eigenvalue weighted by molar-refractivity contribution is 14.0. The number of aliphatic imine (C=N–C) groups is 1. The molecule has 2 rings (SSSR count). The second-order valence-corrected chi connectivity index (χ2v) is 6.58. The van der Waals surface area contributed by atoms with Crippen molar-refractivity contribution >= 4 is 41.5 Å². The molecule has 7 heteroatoms. The van der Waals surface area contributed by atoms with E-state index in [2.05, 4.69) is 34.4 Å². The molecule has 0 radical (unpaired) electrons. The van der Waals surface area contributed by atoms with Crippen molar-refractivity contribution in [1.29, 1.82) is 0 Å². The van der Waals surface area contributed by atoms with Gasteiger partial charge < -0.3 is 10.6 Å². The summed E-state index contributed by atoms with van der Waals surface area (Å²) in [6, 6.07) is 4.41. The number of hydrogen-bond acceptors (Lipinski definition) is 3. The fourth-order valence-corrected chi connectivity index (χ4v) is 3.14. The third kappa shape index (κ3) is 8.09. The Hall–Kier alpha value is -0.600. The molecule has 5 nitrogen and oxygen atoms in total. The van der Waals surface area contributed by atoms with E-state index in [1.165, 1.54) is 31.5 Å². The summed E-state index contributed by atoms with van der Waals surface area (Å²) in [5.41, 5.74) is 1.17. The highest BCUT2D eigenvalue weighted by Gasteiger charge is 2.19. The summed E-state index contributed by atoms with van der Waals surface area (Å²) in [6.45, 7) is 9.35. The van der Waals surface area contributed by atoms with Crippen LogP contribution in [0.25, 0.3) is 0 Å². The zero-order valence-corrected chi connectivity index (χ0v) is 18.4. The molecular weight excluding hydrogens is 449 g/mol. The van der Waals surface area contributed by atoms with Crippen LogP contribution < -0.4 is 10.6 Å². The fourth-order valence-electron chi connectivity index (χ4n) is 3.03. The number of likely N-dealkylation sites (tertiary alicyclic amines) is 1. The summed E-state index contributed by atoms with van der Waals surface area (Å²) in [5.74, 6) is 0.900. The van der Waals surface area contributed by atoms with Gasteiger partial charge in [-0.1, -0.05) is 24.6 Å². The van der Waals surface area contributed by atoms with Crippen LogP contribution in [0.3, 0.4) is 0 Å². The first kappa shape index (κ1) is 22.4. The second-order valence-electron chi connectivity index (χ2n) is 6.19. The molecule has 2 N–H and O–H groups in total. The minimum atomic E-state index is 0. The number of guanidine groups is 1. The summed E-state index contributed by atoms with van der Waals surface area (Å²) >= 11 is 5.82. The highest BCUT2D eigenvalue weighted by Crippen LogP contribution is 2.14. The van der Waals surface area contributed by atoms with Gasteiger partial charge >= 0.3 is 0 Å². The molecular formula is C18H31ClIN5. The minimum absolute atomic E-state index is 0. The van der Waals surface area contributed by atoms with Gasteiger partial charge in [0.15, 0.2) is 5.96 Å². The van der Waals surface area contributed by atoms with Crippen molar-refractivity contribution in [3.05, 3.63) is 29.0 Å². The molecule has 1 atom stereocenters. The van der Waals surface area contributed by atoms with Gasteiger partial charge in [0.05, 0.1) is 6.54 Å². The van der Waals surface area contributed by atoms with Crippen molar-refractivity contribution in [2.45, 2.75) is 45.6 Å². The molecule has 0 aliphatic carbocycles. The second kappa shape index (κ2) is 12.7. The number of aromatic nitrogens is 1. The predicted molar refractivity (Wildman–Crippen MR) is 117 cm³/mol. The maximum atomic E-state index is 5.82. The van der Waals surface area contributed by atoms with Crippen molar-refractivity contribution in [1.82, 2.24) is 20.5 Å². The summed E-state index contributed by atoms with van der Waals surface area (Å²) in [7, 11) is 0. The molecule has 0 saturated carbocycles. The number of nitrogens with one attached hydrogen (secondary N) is 2. The molecule has 1 aromatic rings. The summed E-state index contributed by atoms with van der Waals surface area (Å²) in [5, 5.41) is 7.28. The number of rotatable bonds is 8. The lowest BCUT2D eigenvalue weighted by Crippen LogP contribution is -2.40. The maximum absolute atomic E-state index is 5.82. The third-order valence-electron chi connectivity index (χ3n) is 4.43. The molecule has 142 valence electrons. The number of pyridine rings is 1. The Kier molecular flexibility index (Phi) is 11.4. The van der Waals surface area contributed by atoms with Crippen molar-refractivity contribution in [2.24, 2.45) is 4.99 Å². The molecule has 1 fully saturated rings. The topological polar surface area (TPSA) is 52.6 Å². The van der Waals surface area contributed by atoms with Crippen LogP contribution in [-0.4, -0.2) is 54.6 Å². The predicted octanol–water partition coefficient (Wildman–Crippen LogP) is 3.33. The van der Waals surface area contributed by atoms with E-state index < -0.39 is 0 Å². The van der Waals surface area contributed by atoms with Gasteiger partial charge in [0.1, 0.15) is 5.15 Å². The van der Waals surface area contributed by atoms with Gasteiger partial charge in [-0.15, -0.1) is 24.0 Å². The van der Waals surface area contributed by atoms with E-state index in [-0.39, 0.29) is 24.0 Å². The van der Waals surface area contributed by atoms with E-state index in [1.807, 2.05) is 18.3 Å². The number of hydrogen-bond donors (Lipinski definition) is 2. The Morgan fingerprint density at radius 3 is 2.64 bits per heavy atom. The molecule has 0 bridgehead atoms. The molecule has 1 aliphatic rings. The lowest BCUT2D eigenvalue weighted by atomic mass is 10.2. The van der Waals surface area contributed by atoms with Crippen LogP contribution >= 0.6 is 35.6 Å². The zero-order valence-electron chi connectivity index (χ0n) is 15.3. The van der Waals surface area contributed by atoms with Crippen LogP contribution in [0.2, 0.25) is 5.15 Å². The smallest absolute Gasteiger partial charge is 0.191 e. The average molecular weight is 480 g/mol. The van der Waals surface area contributed by atoms with E-state index in [0.717, 1.165) is 38.4 Å². The van der Waals surface area contributed by atoms with Crippen LogP contribution in [-0.2, 0) is 6.42 Å². The monoisotopic (exact) mass is 479 g/mol. The average Bonchev–Trinajstić information content (AvgIpc) is 3.11. The van der Waals surface area contributed by atoms with Crippen molar-refractivity contribution < 1.29 is 0 Å². The first-order valence-electron chi connectivity index (χ1n) is 9.09. The molecule has 0 aromatic carbocycles. The normalized spacial score (nSPS) is 16.4. The van der Waals surface area contributed by atoms with Crippen LogP contribution in [0.4, 0.5) is 0 Å². The fraction of sp³-hybridized carbons (Fsp3) is 0.667. The molecule has 2 heterocycles. The zero-order chi connectivity index (χ0) is 17.2. The van der Waals surface area contributed by atoms with Gasteiger partial charge in [-0.2, -0.15) is 0 Å². The van der Waals surface area contributed by atoms with Crippen LogP contribution in [0.15, 0.2) is 23.3 Å². The van der Waals surface area contributed by atoms with Gasteiger partial charge in [-0.3, -0.25) is 9.89 Å². The van der Waals surface area contributed by atoms with Crippen molar-refractivity contribution in [3.8, 4) is 0 Å². The van der Waals surface area contributed by atoms with Crippen LogP contribution in [0.1, 0.15) is 38.7 Å². The molecule has 1 saturated heterocycles. The maximum Gasteiger partial charge on any atom is 0.191 e. The quantitative estimate of drug-likeness (QED) is 0.260. The van der Waals surface area contributed by atoms with Gasteiger partial charge in [-0.05, 0) is 57.3 Å². The largest absolute Gasteiger partial charge is 0.357 e. The van der Waals surface area contributed by atoms with Crippen molar-refractivity contribution in [3.63, 3.8) is 0 Å². The highest BCUT2D eigenvalue weighted by atomic mass is 127. The Balaban J connectivity index is 0.00000312. The van der Waals surface area contributed by atoms with Crippen LogP contribution in [0.5, 0.6) is 0 Å². The molecule has 0 spiro atoms. The summed E-state index contributed by atoms with van der Waals surface area (Å²) < 4.78 is 0. The van der Waals surface area contributed by atoms with Gasteiger partial charge in [0.2, 0.25) is 0 Å². The first-order valence-corrected chi connectivity index (χ1v) is 9.47. The first-order chi connectivity index (χ1) is 11.7. The Bertz CT molecular complexity index is 503. The van der Waals surface area contributed by atoms with E-state index in [0.29, 0.717) is 11.2 Å². The molecule has 1 aliphatic heterocycles. The minimum Gasteiger partial charge on any atom is -0.357 e. The van der Waals surface area contributed by atoms with Gasteiger partial charge in [-0.25, -0.2) is 4.98 Å². The molecule has 1 aromatic heterocycles. The standard InChI is InChI=1S/C18H30ClN5.HI/c1-3-16(24-11-5-6-12-24)14-23-18(20-4-2)21-10-9-15-7-8-17(19)22-13-15;/h7-8,13,16H,3-6,9-12,14H2,1-2H3,(H2,20,21,23);1H. The van der Waals surface area contributed by atoms with E-state index in [1.54, 1.807) is 0 Å². The molecule has 1 unspecified atom stereocenters.